The summed E-state index contributed by atoms with van der Waals surface area (Å²) in [4.78, 5) is 19.1. The largest absolute Gasteiger partial charge is 0.463 e. The fourth-order valence-electron chi connectivity index (χ4n) is 2.78. The van der Waals surface area contributed by atoms with E-state index in [4.69, 9.17) is 8.94 Å². The Morgan fingerprint density at radius 1 is 1.40 bits per heavy atom. The van der Waals surface area contributed by atoms with Gasteiger partial charge >= 0.3 is 0 Å². The molecule has 0 aliphatic carbocycles. The minimum atomic E-state index is -0.995. The first-order chi connectivity index (χ1) is 11.8. The van der Waals surface area contributed by atoms with Crippen molar-refractivity contribution in [3.8, 4) is 11.5 Å². The number of nitrogens with zero attached hydrogens (tertiary/aromatic N) is 3. The number of aliphatic hydroxyl groups is 1. The van der Waals surface area contributed by atoms with Crippen LogP contribution in [0.25, 0.3) is 22.6 Å². The van der Waals surface area contributed by atoms with Crippen molar-refractivity contribution in [1.29, 1.82) is 0 Å². The van der Waals surface area contributed by atoms with Crippen LogP contribution in [0.1, 0.15) is 36.8 Å². The van der Waals surface area contributed by atoms with Gasteiger partial charge in [0, 0.05) is 13.1 Å². The van der Waals surface area contributed by atoms with E-state index in [1.807, 2.05) is 6.92 Å². The van der Waals surface area contributed by atoms with E-state index in [2.05, 4.69) is 10.1 Å². The van der Waals surface area contributed by atoms with Crippen LogP contribution in [0, 0.1) is 6.92 Å². The number of likely N-dealkylation sites (N-methyl/N-ethyl adjacent to an activating group) is 1. The first kappa shape index (κ1) is 17.2. The number of hydrogen-bond donors (Lipinski definition) is 1. The number of hydrogen-bond acceptors (Lipinski definition) is 6. The van der Waals surface area contributed by atoms with E-state index >= 15 is 0 Å². The zero-order valence-corrected chi connectivity index (χ0v) is 14.7. The second kappa shape index (κ2) is 6.33. The summed E-state index contributed by atoms with van der Waals surface area (Å²) < 4.78 is 10.7. The van der Waals surface area contributed by atoms with Gasteiger partial charge in [0.25, 0.3) is 11.6 Å². The molecule has 0 saturated carbocycles. The molecule has 3 aromatic heterocycles. The highest BCUT2D eigenvalue weighted by Gasteiger charge is 2.26. The minimum Gasteiger partial charge on any atom is -0.463 e. The summed E-state index contributed by atoms with van der Waals surface area (Å²) in [6.07, 6.45) is 1.54. The third-order valence-corrected chi connectivity index (χ3v) is 3.87. The van der Waals surface area contributed by atoms with Crippen molar-refractivity contribution in [2.24, 2.45) is 0 Å². The van der Waals surface area contributed by atoms with E-state index in [0.717, 1.165) is 0 Å². The molecule has 0 aliphatic rings. The van der Waals surface area contributed by atoms with E-state index in [1.54, 1.807) is 50.1 Å². The van der Waals surface area contributed by atoms with Gasteiger partial charge in [0.2, 0.25) is 0 Å². The zero-order chi connectivity index (χ0) is 18.2. The standard InChI is InChI=1S/C18H21N3O4/c1-5-21(10-18(3,4)23)17(22)12-9-13(14-7-6-8-24-14)19-16-15(12)11(2)20-25-16/h6-9,23H,5,10H2,1-4H3. The first-order valence-electron chi connectivity index (χ1n) is 8.12. The molecule has 1 N–H and O–H groups in total. The summed E-state index contributed by atoms with van der Waals surface area (Å²) in [7, 11) is 0. The van der Waals surface area contributed by atoms with Gasteiger partial charge in [-0.15, -0.1) is 0 Å². The Morgan fingerprint density at radius 2 is 2.16 bits per heavy atom. The van der Waals surface area contributed by atoms with Crippen LogP contribution in [0.2, 0.25) is 0 Å². The van der Waals surface area contributed by atoms with Gasteiger partial charge in [-0.25, -0.2) is 4.98 Å². The molecule has 0 bridgehead atoms. The first-order valence-corrected chi connectivity index (χ1v) is 8.12. The lowest BCUT2D eigenvalue weighted by Crippen LogP contribution is -2.42. The van der Waals surface area contributed by atoms with Crippen LogP contribution in [-0.4, -0.2) is 44.7 Å². The number of furan rings is 1. The lowest BCUT2D eigenvalue weighted by atomic mass is 10.1. The Bertz CT molecular complexity index is 891. The quantitative estimate of drug-likeness (QED) is 0.765. The predicted octanol–water partition coefficient (Wildman–Crippen LogP) is 3.02. The summed E-state index contributed by atoms with van der Waals surface area (Å²) in [6.45, 7) is 7.66. The molecule has 0 spiro atoms. The van der Waals surface area contributed by atoms with E-state index in [0.29, 0.717) is 34.6 Å². The normalized spacial score (nSPS) is 11.9. The molecule has 7 nitrogen and oxygen atoms in total. The van der Waals surface area contributed by atoms with Gasteiger partial charge in [-0.05, 0) is 45.9 Å². The topological polar surface area (TPSA) is 92.6 Å². The molecule has 1 amide bonds. The monoisotopic (exact) mass is 343 g/mol. The maximum Gasteiger partial charge on any atom is 0.259 e. The van der Waals surface area contributed by atoms with Crippen molar-refractivity contribution >= 4 is 17.0 Å². The molecule has 132 valence electrons. The van der Waals surface area contributed by atoms with Gasteiger partial charge < -0.3 is 18.9 Å². The van der Waals surface area contributed by atoms with Crippen LogP contribution < -0.4 is 0 Å². The van der Waals surface area contributed by atoms with Crippen LogP contribution in [0.5, 0.6) is 0 Å². The highest BCUT2D eigenvalue weighted by atomic mass is 16.5. The maximum absolute atomic E-state index is 13.1. The van der Waals surface area contributed by atoms with Crippen LogP contribution in [0.15, 0.2) is 33.4 Å². The number of pyridine rings is 1. The Balaban J connectivity index is 2.13. The van der Waals surface area contributed by atoms with Crippen molar-refractivity contribution in [3.05, 3.63) is 35.7 Å². The van der Waals surface area contributed by atoms with Crippen LogP contribution in [-0.2, 0) is 0 Å². The molecular weight excluding hydrogens is 322 g/mol. The number of carbonyl (C=O) groups excluding carboxylic acids is 1. The summed E-state index contributed by atoms with van der Waals surface area (Å²) in [5.74, 6) is 0.326. The summed E-state index contributed by atoms with van der Waals surface area (Å²) in [5.41, 5.74) is 0.813. The second-order valence-electron chi connectivity index (χ2n) is 6.61. The predicted molar refractivity (Wildman–Crippen MR) is 92.1 cm³/mol. The average molecular weight is 343 g/mol. The number of aryl methyl sites for hydroxylation is 1. The fourth-order valence-corrected chi connectivity index (χ4v) is 2.78. The van der Waals surface area contributed by atoms with Crippen LogP contribution in [0.3, 0.4) is 0 Å². The molecule has 3 heterocycles. The molecule has 0 aliphatic heterocycles. The third-order valence-electron chi connectivity index (χ3n) is 3.87. The molecule has 7 heteroatoms. The molecule has 0 unspecified atom stereocenters. The lowest BCUT2D eigenvalue weighted by molar-refractivity contribution is 0.0315. The molecule has 0 saturated heterocycles. The van der Waals surface area contributed by atoms with Crippen LogP contribution >= 0.6 is 0 Å². The molecular formula is C18H21N3O4. The average Bonchev–Trinajstić information content (AvgIpc) is 3.20. The summed E-state index contributed by atoms with van der Waals surface area (Å²) in [5, 5.41) is 14.6. The number of amides is 1. The fraction of sp³-hybridized carbons (Fsp3) is 0.389. The van der Waals surface area contributed by atoms with E-state index < -0.39 is 5.60 Å². The third kappa shape index (κ3) is 3.41. The Kier molecular flexibility index (Phi) is 4.34. The summed E-state index contributed by atoms with van der Waals surface area (Å²) in [6, 6.07) is 5.20. The van der Waals surface area contributed by atoms with Gasteiger partial charge in [0.05, 0.1) is 28.5 Å². The van der Waals surface area contributed by atoms with Gasteiger partial charge in [0.1, 0.15) is 5.69 Å². The highest BCUT2D eigenvalue weighted by molar-refractivity contribution is 6.06. The van der Waals surface area contributed by atoms with Gasteiger partial charge in [0.15, 0.2) is 5.76 Å². The van der Waals surface area contributed by atoms with Crippen molar-refractivity contribution in [3.63, 3.8) is 0 Å². The van der Waals surface area contributed by atoms with Gasteiger partial charge in [-0.1, -0.05) is 5.16 Å². The molecule has 25 heavy (non-hydrogen) atoms. The lowest BCUT2D eigenvalue weighted by Gasteiger charge is -2.28. The van der Waals surface area contributed by atoms with Crippen LogP contribution in [0.4, 0.5) is 0 Å². The Morgan fingerprint density at radius 3 is 2.76 bits per heavy atom. The van der Waals surface area contributed by atoms with Crippen molar-refractivity contribution in [2.45, 2.75) is 33.3 Å². The molecule has 0 fully saturated rings. The minimum absolute atomic E-state index is 0.212. The summed E-state index contributed by atoms with van der Waals surface area (Å²) >= 11 is 0. The Hall–Kier alpha value is -2.67. The van der Waals surface area contributed by atoms with E-state index in [9.17, 15) is 9.90 Å². The number of aromatic nitrogens is 2. The molecule has 0 radical (unpaired) electrons. The van der Waals surface area contributed by atoms with Crippen molar-refractivity contribution in [1.82, 2.24) is 15.0 Å². The molecule has 0 aromatic carbocycles. The zero-order valence-electron chi connectivity index (χ0n) is 14.7. The van der Waals surface area contributed by atoms with E-state index in [-0.39, 0.29) is 18.2 Å². The number of carbonyl (C=O) groups is 1. The maximum atomic E-state index is 13.1. The smallest absolute Gasteiger partial charge is 0.259 e. The van der Waals surface area contributed by atoms with Crippen molar-refractivity contribution in [2.75, 3.05) is 13.1 Å². The second-order valence-corrected chi connectivity index (χ2v) is 6.61. The number of fused-ring (bicyclic) bond motifs is 1. The SMILES string of the molecule is CCN(CC(C)(C)O)C(=O)c1cc(-c2ccco2)nc2onc(C)c12. The number of rotatable bonds is 5. The van der Waals surface area contributed by atoms with Crippen molar-refractivity contribution < 1.29 is 18.8 Å². The highest BCUT2D eigenvalue weighted by Crippen LogP contribution is 2.28. The van der Waals surface area contributed by atoms with Gasteiger partial charge in [-0.2, -0.15) is 0 Å². The van der Waals surface area contributed by atoms with E-state index in [1.165, 1.54) is 0 Å². The molecule has 3 rings (SSSR count). The Labute approximate surface area is 145 Å². The molecule has 0 atom stereocenters. The van der Waals surface area contributed by atoms with Gasteiger partial charge in [-0.3, -0.25) is 4.79 Å². The molecule has 3 aromatic rings.